The Morgan fingerprint density at radius 1 is 1.12 bits per heavy atom. The number of hydrogen-bond donors (Lipinski definition) is 0. The van der Waals surface area contributed by atoms with Crippen LogP contribution in [0.25, 0.3) is 11.5 Å². The summed E-state index contributed by atoms with van der Waals surface area (Å²) in [6.07, 6.45) is 7.07. The topological polar surface area (TPSA) is 55.1 Å². The zero-order chi connectivity index (χ0) is 24.1. The quantitative estimate of drug-likeness (QED) is 0.374. The first-order chi connectivity index (χ1) is 16.4. The van der Waals surface area contributed by atoms with E-state index in [1.807, 2.05) is 18.3 Å². The summed E-state index contributed by atoms with van der Waals surface area (Å²) in [4.78, 5) is 6.88. The van der Waals surface area contributed by atoms with E-state index in [0.29, 0.717) is 41.5 Å². The van der Waals surface area contributed by atoms with Gasteiger partial charge in [0.1, 0.15) is 5.82 Å². The van der Waals surface area contributed by atoms with Gasteiger partial charge in [0.05, 0.1) is 5.56 Å². The molecule has 1 aliphatic carbocycles. The standard InChI is InChI=1S/C28H35FN4O/c1-19(2)25-16-21(17-27-31-32-28(34-27)24-10-5-6-11-26(24)29)20(3)15-22(25)18-33(4)14-12-23-9-7-8-13-30-23/h5-11,13,15,19,21-22,25H,12,14,16-18H2,1-4H3/t21-,22-,25-/m0/s1. The average molecular weight is 463 g/mol. The van der Waals surface area contributed by atoms with Crippen molar-refractivity contribution in [3.8, 4) is 11.5 Å². The molecule has 4 rings (SSSR count). The van der Waals surface area contributed by atoms with Crippen LogP contribution in [0.15, 0.2) is 64.7 Å². The van der Waals surface area contributed by atoms with Gasteiger partial charge < -0.3 is 9.32 Å². The Balaban J connectivity index is 1.41. The van der Waals surface area contributed by atoms with Crippen molar-refractivity contribution in [3.63, 3.8) is 0 Å². The Bertz CT molecular complexity index is 1090. The van der Waals surface area contributed by atoms with Gasteiger partial charge in [-0.3, -0.25) is 4.98 Å². The smallest absolute Gasteiger partial charge is 0.250 e. The van der Waals surface area contributed by atoms with E-state index in [2.05, 4.69) is 60.0 Å². The van der Waals surface area contributed by atoms with Crippen LogP contribution in [0.4, 0.5) is 4.39 Å². The molecule has 2 heterocycles. The van der Waals surface area contributed by atoms with Gasteiger partial charge in [-0.25, -0.2) is 4.39 Å². The summed E-state index contributed by atoms with van der Waals surface area (Å²) >= 11 is 0. The molecular formula is C28H35FN4O. The van der Waals surface area contributed by atoms with Gasteiger partial charge in [0.2, 0.25) is 5.89 Å². The maximum Gasteiger partial charge on any atom is 0.250 e. The second-order valence-corrected chi connectivity index (χ2v) is 9.93. The van der Waals surface area contributed by atoms with Crippen molar-refractivity contribution < 1.29 is 8.81 Å². The van der Waals surface area contributed by atoms with Crippen LogP contribution in [-0.4, -0.2) is 40.2 Å². The lowest BCUT2D eigenvalue weighted by Crippen LogP contribution is -2.36. The zero-order valence-corrected chi connectivity index (χ0v) is 20.6. The fraction of sp³-hybridized carbons (Fsp3) is 0.464. The summed E-state index contributed by atoms with van der Waals surface area (Å²) in [7, 11) is 2.21. The molecule has 0 saturated carbocycles. The Morgan fingerprint density at radius 2 is 1.91 bits per heavy atom. The Kier molecular flexibility index (Phi) is 7.88. The lowest BCUT2D eigenvalue weighted by Gasteiger charge is -2.38. The molecule has 2 aromatic heterocycles. The zero-order valence-electron chi connectivity index (χ0n) is 20.6. The summed E-state index contributed by atoms with van der Waals surface area (Å²) in [5.74, 6) is 2.51. The third-order valence-electron chi connectivity index (χ3n) is 7.07. The molecule has 180 valence electrons. The van der Waals surface area contributed by atoms with Crippen molar-refractivity contribution in [2.24, 2.45) is 23.7 Å². The highest BCUT2D eigenvalue weighted by Crippen LogP contribution is 2.39. The highest BCUT2D eigenvalue weighted by atomic mass is 19.1. The number of halogens is 1. The third kappa shape index (κ3) is 5.98. The first-order valence-electron chi connectivity index (χ1n) is 12.2. The lowest BCUT2D eigenvalue weighted by molar-refractivity contribution is 0.176. The van der Waals surface area contributed by atoms with E-state index in [9.17, 15) is 4.39 Å². The molecule has 0 fully saturated rings. The predicted molar refractivity (Wildman–Crippen MR) is 133 cm³/mol. The molecule has 0 aliphatic heterocycles. The number of rotatable bonds is 9. The highest BCUT2D eigenvalue weighted by molar-refractivity contribution is 5.53. The minimum Gasteiger partial charge on any atom is -0.421 e. The number of aromatic nitrogens is 3. The van der Waals surface area contributed by atoms with Gasteiger partial charge in [-0.1, -0.05) is 43.7 Å². The average Bonchev–Trinajstić information content (AvgIpc) is 3.28. The van der Waals surface area contributed by atoms with Crippen LogP contribution in [0.3, 0.4) is 0 Å². The first kappa shape index (κ1) is 24.3. The van der Waals surface area contributed by atoms with Crippen molar-refractivity contribution in [2.75, 3.05) is 20.1 Å². The molecule has 1 aliphatic rings. The van der Waals surface area contributed by atoms with E-state index < -0.39 is 0 Å². The number of likely N-dealkylation sites (N-methyl/N-ethyl adjacent to an activating group) is 1. The molecule has 1 aromatic carbocycles. The van der Waals surface area contributed by atoms with Crippen LogP contribution in [0, 0.1) is 29.5 Å². The molecule has 0 spiro atoms. The van der Waals surface area contributed by atoms with Gasteiger partial charge in [-0.05, 0) is 68.3 Å². The summed E-state index contributed by atoms with van der Waals surface area (Å²) in [6, 6.07) is 12.6. The monoisotopic (exact) mass is 462 g/mol. The molecule has 0 bridgehead atoms. The minimum absolute atomic E-state index is 0.248. The fourth-order valence-corrected chi connectivity index (χ4v) is 5.08. The highest BCUT2D eigenvalue weighted by Gasteiger charge is 2.33. The summed E-state index contributed by atoms with van der Waals surface area (Å²) in [5.41, 5.74) is 2.87. The van der Waals surface area contributed by atoms with Gasteiger partial charge in [-0.2, -0.15) is 0 Å². The Labute approximate surface area is 202 Å². The minimum atomic E-state index is -0.346. The molecule has 3 aromatic rings. The second kappa shape index (κ2) is 11.0. The summed E-state index contributed by atoms with van der Waals surface area (Å²) < 4.78 is 20.0. The molecule has 34 heavy (non-hydrogen) atoms. The number of nitrogens with zero attached hydrogens (tertiary/aromatic N) is 4. The van der Waals surface area contributed by atoms with Crippen molar-refractivity contribution in [2.45, 2.75) is 40.0 Å². The van der Waals surface area contributed by atoms with E-state index in [1.165, 1.54) is 11.6 Å². The van der Waals surface area contributed by atoms with Gasteiger partial charge in [0, 0.05) is 37.8 Å². The number of hydrogen-bond acceptors (Lipinski definition) is 5. The Hall–Kier alpha value is -2.86. The molecule has 0 radical (unpaired) electrons. The normalized spacial score (nSPS) is 20.7. The van der Waals surface area contributed by atoms with Crippen LogP contribution in [0.5, 0.6) is 0 Å². The summed E-state index contributed by atoms with van der Waals surface area (Å²) in [5, 5.41) is 8.33. The van der Waals surface area contributed by atoms with Crippen LogP contribution >= 0.6 is 0 Å². The molecule has 5 nitrogen and oxygen atoms in total. The SMILES string of the molecule is CC1=C[C@@H](CN(C)CCc2ccccn2)[C@H](C(C)C)C[C@H]1Cc1nnc(-c2ccccc2F)o1. The number of allylic oxidation sites excluding steroid dienone is 1. The molecule has 0 N–H and O–H groups in total. The van der Waals surface area contributed by atoms with Crippen molar-refractivity contribution in [1.29, 1.82) is 0 Å². The number of pyridine rings is 1. The van der Waals surface area contributed by atoms with Gasteiger partial charge in [-0.15, -0.1) is 10.2 Å². The molecule has 3 atom stereocenters. The van der Waals surface area contributed by atoms with Crippen molar-refractivity contribution >= 4 is 0 Å². The Morgan fingerprint density at radius 3 is 2.65 bits per heavy atom. The lowest BCUT2D eigenvalue weighted by atomic mass is 9.69. The van der Waals surface area contributed by atoms with Gasteiger partial charge >= 0.3 is 0 Å². The largest absolute Gasteiger partial charge is 0.421 e. The maximum atomic E-state index is 14.1. The maximum absolute atomic E-state index is 14.1. The van der Waals surface area contributed by atoms with E-state index in [1.54, 1.807) is 18.2 Å². The molecular weight excluding hydrogens is 427 g/mol. The van der Waals surface area contributed by atoms with Crippen LogP contribution in [0.1, 0.15) is 38.8 Å². The fourth-order valence-electron chi connectivity index (χ4n) is 5.08. The van der Waals surface area contributed by atoms with Crippen LogP contribution in [-0.2, 0) is 12.8 Å². The van der Waals surface area contributed by atoms with E-state index in [-0.39, 0.29) is 11.7 Å². The predicted octanol–water partition coefficient (Wildman–Crippen LogP) is 5.84. The van der Waals surface area contributed by atoms with Gasteiger partial charge in [0.25, 0.3) is 5.89 Å². The van der Waals surface area contributed by atoms with Crippen molar-refractivity contribution in [1.82, 2.24) is 20.1 Å². The second-order valence-electron chi connectivity index (χ2n) is 9.93. The molecule has 0 unspecified atom stereocenters. The van der Waals surface area contributed by atoms with Crippen LogP contribution < -0.4 is 0 Å². The first-order valence-corrected chi connectivity index (χ1v) is 12.2. The summed E-state index contributed by atoms with van der Waals surface area (Å²) in [6.45, 7) is 8.89. The van der Waals surface area contributed by atoms with Gasteiger partial charge in [0.15, 0.2) is 0 Å². The molecule has 6 heteroatoms. The van der Waals surface area contributed by atoms with Crippen LogP contribution in [0.2, 0.25) is 0 Å². The third-order valence-corrected chi connectivity index (χ3v) is 7.07. The molecule has 0 saturated heterocycles. The molecule has 0 amide bonds. The van der Waals surface area contributed by atoms with Crippen molar-refractivity contribution in [3.05, 3.63) is 77.7 Å². The van der Waals surface area contributed by atoms with E-state index in [0.717, 1.165) is 31.6 Å². The van der Waals surface area contributed by atoms with E-state index in [4.69, 9.17) is 4.42 Å². The van der Waals surface area contributed by atoms with E-state index >= 15 is 0 Å². The number of benzene rings is 1.